The molecule has 0 bridgehead atoms. The van der Waals surface area contributed by atoms with Crippen LogP contribution in [0.3, 0.4) is 0 Å². The monoisotopic (exact) mass is 200 g/mol. The summed E-state index contributed by atoms with van der Waals surface area (Å²) in [6, 6.07) is 0. The van der Waals surface area contributed by atoms with Gasteiger partial charge in [0.05, 0.1) is 0 Å². The van der Waals surface area contributed by atoms with Crippen LogP contribution < -0.4 is 5.73 Å². The lowest BCUT2D eigenvalue weighted by Gasteiger charge is -2.17. The zero-order chi connectivity index (χ0) is 9.84. The number of hydrogen-bond acceptors (Lipinski definition) is 5. The first-order chi connectivity index (χ1) is 6.09. The third kappa shape index (κ3) is 3.28. The first kappa shape index (κ1) is 10.4. The van der Waals surface area contributed by atoms with E-state index < -0.39 is 0 Å². The molecule has 1 heterocycles. The highest BCUT2D eigenvalue weighted by Gasteiger charge is 2.08. The summed E-state index contributed by atoms with van der Waals surface area (Å²) < 4.78 is 3.79. The molecule has 5 heteroatoms. The molecule has 0 radical (unpaired) electrons. The van der Waals surface area contributed by atoms with Crippen molar-refractivity contribution in [3.05, 3.63) is 5.69 Å². The van der Waals surface area contributed by atoms with Crippen molar-refractivity contribution in [2.45, 2.75) is 20.4 Å². The first-order valence-corrected chi connectivity index (χ1v) is 5.12. The van der Waals surface area contributed by atoms with Crippen molar-refractivity contribution in [3.8, 4) is 0 Å². The summed E-state index contributed by atoms with van der Waals surface area (Å²) in [5, 5.41) is 4.70. The normalized spacial score (nSPS) is 11.5. The van der Waals surface area contributed by atoms with Gasteiger partial charge in [-0.2, -0.15) is 0 Å². The molecule has 0 fully saturated rings. The van der Waals surface area contributed by atoms with Gasteiger partial charge in [0, 0.05) is 24.6 Å². The van der Waals surface area contributed by atoms with Crippen LogP contribution in [0.4, 0.5) is 5.00 Å². The summed E-state index contributed by atoms with van der Waals surface area (Å²) in [6.45, 7) is 6.23. The van der Waals surface area contributed by atoms with E-state index in [4.69, 9.17) is 5.73 Å². The molecule has 0 atom stereocenters. The van der Waals surface area contributed by atoms with Crippen molar-refractivity contribution in [1.82, 2.24) is 14.5 Å². The van der Waals surface area contributed by atoms with Crippen LogP contribution in [0.15, 0.2) is 0 Å². The maximum absolute atomic E-state index is 5.69. The largest absolute Gasteiger partial charge is 0.388 e. The third-order valence-corrected chi connectivity index (χ3v) is 2.28. The van der Waals surface area contributed by atoms with Crippen LogP contribution in [0.5, 0.6) is 0 Å². The molecule has 0 unspecified atom stereocenters. The van der Waals surface area contributed by atoms with E-state index in [9.17, 15) is 0 Å². The number of anilines is 1. The van der Waals surface area contributed by atoms with Crippen molar-refractivity contribution in [1.29, 1.82) is 0 Å². The first-order valence-electron chi connectivity index (χ1n) is 4.35. The second-order valence-electron chi connectivity index (χ2n) is 3.67. The Morgan fingerprint density at radius 2 is 2.23 bits per heavy atom. The molecule has 4 nitrogen and oxygen atoms in total. The Balaban J connectivity index is 2.45. The van der Waals surface area contributed by atoms with Crippen LogP contribution in [-0.4, -0.2) is 28.1 Å². The van der Waals surface area contributed by atoms with Crippen molar-refractivity contribution in [3.63, 3.8) is 0 Å². The number of aromatic nitrogens is 2. The molecule has 0 aliphatic heterocycles. The van der Waals surface area contributed by atoms with E-state index in [0.29, 0.717) is 5.92 Å². The summed E-state index contributed by atoms with van der Waals surface area (Å²) in [7, 11) is 2.07. The summed E-state index contributed by atoms with van der Waals surface area (Å²) >= 11 is 1.26. The minimum atomic E-state index is 0.665. The van der Waals surface area contributed by atoms with E-state index in [-0.39, 0.29) is 0 Å². The molecule has 0 amide bonds. The van der Waals surface area contributed by atoms with Crippen molar-refractivity contribution < 1.29 is 0 Å². The van der Waals surface area contributed by atoms with E-state index >= 15 is 0 Å². The maximum Gasteiger partial charge on any atom is 0.132 e. The van der Waals surface area contributed by atoms with Gasteiger partial charge in [0.2, 0.25) is 0 Å². The quantitative estimate of drug-likeness (QED) is 0.793. The standard InChI is InChI=1S/C8H16N4S/c1-6(2)4-12(3)5-7-8(9)13-11-10-7/h6H,4-5,9H2,1-3H3. The van der Waals surface area contributed by atoms with Gasteiger partial charge in [-0.1, -0.05) is 18.3 Å². The molecule has 1 aromatic rings. The Labute approximate surface area is 82.9 Å². The zero-order valence-electron chi connectivity index (χ0n) is 8.32. The van der Waals surface area contributed by atoms with Gasteiger partial charge in [0.1, 0.15) is 10.7 Å². The van der Waals surface area contributed by atoms with Crippen LogP contribution >= 0.6 is 11.5 Å². The highest BCUT2D eigenvalue weighted by atomic mass is 32.1. The summed E-state index contributed by atoms with van der Waals surface area (Å²) in [6.07, 6.45) is 0. The summed E-state index contributed by atoms with van der Waals surface area (Å²) in [4.78, 5) is 2.21. The molecule has 0 aliphatic carbocycles. The zero-order valence-corrected chi connectivity index (χ0v) is 9.14. The number of hydrogen-bond donors (Lipinski definition) is 1. The highest BCUT2D eigenvalue weighted by Crippen LogP contribution is 2.14. The molecule has 2 N–H and O–H groups in total. The molecule has 74 valence electrons. The van der Waals surface area contributed by atoms with Gasteiger partial charge in [-0.15, -0.1) is 5.10 Å². The average molecular weight is 200 g/mol. The third-order valence-electron chi connectivity index (χ3n) is 1.68. The molecular weight excluding hydrogens is 184 g/mol. The van der Waals surface area contributed by atoms with Crippen molar-refractivity contribution in [2.75, 3.05) is 19.3 Å². The Morgan fingerprint density at radius 1 is 1.54 bits per heavy atom. The Bertz CT molecular complexity index is 258. The fraction of sp³-hybridized carbons (Fsp3) is 0.750. The van der Waals surface area contributed by atoms with Crippen LogP contribution in [0.1, 0.15) is 19.5 Å². The number of nitrogens with two attached hydrogens (primary N) is 1. The van der Waals surface area contributed by atoms with Gasteiger partial charge in [-0.05, 0) is 13.0 Å². The number of nitrogen functional groups attached to an aromatic ring is 1. The van der Waals surface area contributed by atoms with E-state index in [2.05, 4.69) is 35.4 Å². The predicted molar refractivity (Wildman–Crippen MR) is 55.5 cm³/mol. The SMILES string of the molecule is CC(C)CN(C)Cc1nnsc1N. The van der Waals surface area contributed by atoms with E-state index in [1.807, 2.05) is 0 Å². The van der Waals surface area contributed by atoms with Crippen molar-refractivity contribution in [2.24, 2.45) is 5.92 Å². The summed E-state index contributed by atoms with van der Waals surface area (Å²) in [5.41, 5.74) is 6.58. The van der Waals surface area contributed by atoms with E-state index in [0.717, 1.165) is 23.8 Å². The van der Waals surface area contributed by atoms with Crippen LogP contribution in [0.2, 0.25) is 0 Å². The molecule has 1 rings (SSSR count). The Morgan fingerprint density at radius 3 is 2.69 bits per heavy atom. The lowest BCUT2D eigenvalue weighted by molar-refractivity contribution is 0.285. The minimum absolute atomic E-state index is 0.665. The van der Waals surface area contributed by atoms with Gasteiger partial charge < -0.3 is 10.6 Å². The molecule has 0 saturated carbocycles. The molecule has 0 spiro atoms. The predicted octanol–water partition coefficient (Wildman–Crippen LogP) is 1.21. The van der Waals surface area contributed by atoms with Crippen LogP contribution in [0, 0.1) is 5.92 Å². The van der Waals surface area contributed by atoms with E-state index in [1.54, 1.807) is 0 Å². The molecule has 0 aromatic carbocycles. The fourth-order valence-corrected chi connectivity index (χ4v) is 1.71. The molecular formula is C8H16N4S. The molecule has 13 heavy (non-hydrogen) atoms. The lowest BCUT2D eigenvalue weighted by atomic mass is 10.2. The Kier molecular flexibility index (Phi) is 3.62. The fourth-order valence-electron chi connectivity index (χ4n) is 1.27. The van der Waals surface area contributed by atoms with Crippen LogP contribution in [-0.2, 0) is 6.54 Å². The van der Waals surface area contributed by atoms with Gasteiger partial charge in [-0.3, -0.25) is 0 Å². The number of nitrogens with zero attached hydrogens (tertiary/aromatic N) is 3. The maximum atomic E-state index is 5.69. The Hall–Kier alpha value is -0.680. The highest BCUT2D eigenvalue weighted by molar-refractivity contribution is 7.09. The van der Waals surface area contributed by atoms with Crippen LogP contribution in [0.25, 0.3) is 0 Å². The van der Waals surface area contributed by atoms with Gasteiger partial charge >= 0.3 is 0 Å². The second kappa shape index (κ2) is 4.53. The van der Waals surface area contributed by atoms with E-state index in [1.165, 1.54) is 11.5 Å². The van der Waals surface area contributed by atoms with Gasteiger partial charge in [0.25, 0.3) is 0 Å². The minimum Gasteiger partial charge on any atom is -0.388 e. The smallest absolute Gasteiger partial charge is 0.132 e. The topological polar surface area (TPSA) is 55.0 Å². The second-order valence-corrected chi connectivity index (χ2v) is 4.46. The summed E-state index contributed by atoms with van der Waals surface area (Å²) in [5.74, 6) is 0.665. The average Bonchev–Trinajstić information content (AvgIpc) is 2.34. The number of rotatable bonds is 4. The lowest BCUT2D eigenvalue weighted by Crippen LogP contribution is -2.23. The van der Waals surface area contributed by atoms with Gasteiger partial charge in [0.15, 0.2) is 0 Å². The van der Waals surface area contributed by atoms with Gasteiger partial charge in [-0.25, -0.2) is 0 Å². The molecule has 0 saturated heterocycles. The molecule has 0 aliphatic rings. The molecule has 1 aromatic heterocycles. The van der Waals surface area contributed by atoms with Crippen molar-refractivity contribution >= 4 is 16.5 Å².